The second-order valence-electron chi connectivity index (χ2n) is 7.10. The topological polar surface area (TPSA) is 50.8 Å². The highest BCUT2D eigenvalue weighted by atomic mass is 79.9. The van der Waals surface area contributed by atoms with Crippen molar-refractivity contribution in [3.05, 3.63) is 63.6 Å². The first kappa shape index (κ1) is 18.2. The van der Waals surface area contributed by atoms with Gasteiger partial charge in [0.1, 0.15) is 11.3 Å². The summed E-state index contributed by atoms with van der Waals surface area (Å²) in [5.74, 6) is 0.971. The number of nitrogens with zero attached hydrogens (tertiary/aromatic N) is 2. The minimum Gasteiger partial charge on any atom is -0.435 e. The van der Waals surface area contributed by atoms with Crippen molar-refractivity contribution in [2.75, 3.05) is 13.6 Å². The Morgan fingerprint density at radius 2 is 1.96 bits per heavy atom. The van der Waals surface area contributed by atoms with Gasteiger partial charge in [-0.25, -0.2) is 4.99 Å². The molecule has 0 bridgehead atoms. The Kier molecular flexibility index (Phi) is 4.58. The molecule has 2 aliphatic rings. The van der Waals surface area contributed by atoms with Crippen molar-refractivity contribution in [3.8, 4) is 5.75 Å². The van der Waals surface area contributed by atoms with E-state index in [1.54, 1.807) is 6.07 Å². The van der Waals surface area contributed by atoms with Gasteiger partial charge in [0, 0.05) is 11.5 Å². The number of rotatable bonds is 5. The SMILES string of the molecule is CN1CC(c2cccc(Br)c2)(c2ccc(OC(F)F)c(C3CC3)c2)N=C1N. The third-order valence-corrected chi connectivity index (χ3v) is 5.68. The number of alkyl halides is 2. The smallest absolute Gasteiger partial charge is 0.387 e. The molecule has 7 heteroatoms. The monoisotopic (exact) mass is 435 g/mol. The van der Waals surface area contributed by atoms with Gasteiger partial charge in [-0.3, -0.25) is 0 Å². The number of halogens is 3. The molecular formula is C20H20BrF2N3O. The summed E-state index contributed by atoms with van der Waals surface area (Å²) in [5, 5.41) is 0. The van der Waals surface area contributed by atoms with Gasteiger partial charge in [-0.15, -0.1) is 0 Å². The molecule has 4 rings (SSSR count). The molecule has 1 atom stereocenters. The van der Waals surface area contributed by atoms with Crippen LogP contribution in [0.5, 0.6) is 5.75 Å². The summed E-state index contributed by atoms with van der Waals surface area (Å²) in [6.07, 6.45) is 1.97. The summed E-state index contributed by atoms with van der Waals surface area (Å²) < 4.78 is 31.3. The lowest BCUT2D eigenvalue weighted by atomic mass is 9.82. The Morgan fingerprint density at radius 1 is 1.22 bits per heavy atom. The lowest BCUT2D eigenvalue weighted by Gasteiger charge is -2.29. The number of nitrogens with two attached hydrogens (primary N) is 1. The van der Waals surface area contributed by atoms with E-state index in [0.29, 0.717) is 12.5 Å². The van der Waals surface area contributed by atoms with Crippen LogP contribution in [0.3, 0.4) is 0 Å². The molecule has 2 aromatic rings. The largest absolute Gasteiger partial charge is 0.435 e. The summed E-state index contributed by atoms with van der Waals surface area (Å²) >= 11 is 3.53. The van der Waals surface area contributed by atoms with Crippen LogP contribution in [0.15, 0.2) is 51.9 Å². The molecule has 0 aromatic heterocycles. The van der Waals surface area contributed by atoms with Crippen molar-refractivity contribution in [3.63, 3.8) is 0 Å². The fourth-order valence-electron chi connectivity index (χ4n) is 3.69. The van der Waals surface area contributed by atoms with E-state index >= 15 is 0 Å². The molecule has 0 saturated heterocycles. The quantitative estimate of drug-likeness (QED) is 0.755. The molecule has 1 fully saturated rings. The molecular weight excluding hydrogens is 416 g/mol. The Bertz CT molecular complexity index is 901. The minimum absolute atomic E-state index is 0.254. The molecule has 0 amide bonds. The van der Waals surface area contributed by atoms with Crippen LogP contribution < -0.4 is 10.5 Å². The molecule has 1 saturated carbocycles. The predicted octanol–water partition coefficient (Wildman–Crippen LogP) is 4.43. The molecule has 2 aromatic carbocycles. The van der Waals surface area contributed by atoms with E-state index in [1.807, 2.05) is 48.3 Å². The number of hydrogen-bond acceptors (Lipinski definition) is 4. The molecule has 1 unspecified atom stereocenters. The molecule has 1 aliphatic carbocycles. The van der Waals surface area contributed by atoms with E-state index in [1.165, 1.54) is 0 Å². The van der Waals surface area contributed by atoms with Gasteiger partial charge in [0.15, 0.2) is 5.96 Å². The van der Waals surface area contributed by atoms with Gasteiger partial charge in [0.05, 0.1) is 6.54 Å². The Labute approximate surface area is 165 Å². The third-order valence-electron chi connectivity index (χ3n) is 5.19. The molecule has 27 heavy (non-hydrogen) atoms. The highest BCUT2D eigenvalue weighted by molar-refractivity contribution is 9.10. The zero-order chi connectivity index (χ0) is 19.2. The maximum absolute atomic E-state index is 12.8. The van der Waals surface area contributed by atoms with Gasteiger partial charge in [0.2, 0.25) is 0 Å². The first-order chi connectivity index (χ1) is 12.9. The van der Waals surface area contributed by atoms with Crippen LogP contribution >= 0.6 is 15.9 Å². The Balaban J connectivity index is 1.85. The first-order valence-electron chi connectivity index (χ1n) is 8.81. The maximum Gasteiger partial charge on any atom is 0.387 e. The summed E-state index contributed by atoms with van der Waals surface area (Å²) in [5.41, 5.74) is 8.17. The van der Waals surface area contributed by atoms with Gasteiger partial charge in [-0.05, 0) is 59.7 Å². The summed E-state index contributed by atoms with van der Waals surface area (Å²) in [7, 11) is 1.90. The number of guanidine groups is 1. The van der Waals surface area contributed by atoms with Crippen molar-refractivity contribution < 1.29 is 13.5 Å². The minimum atomic E-state index is -2.83. The molecule has 4 nitrogen and oxygen atoms in total. The van der Waals surface area contributed by atoms with E-state index in [9.17, 15) is 8.78 Å². The molecule has 0 spiro atoms. The number of likely N-dealkylation sites (N-methyl/N-ethyl adjacent to an activating group) is 1. The van der Waals surface area contributed by atoms with Crippen molar-refractivity contribution in [2.45, 2.75) is 30.9 Å². The first-order valence-corrected chi connectivity index (χ1v) is 9.60. The maximum atomic E-state index is 12.8. The number of aliphatic imine (C=N–C) groups is 1. The number of ether oxygens (including phenoxy) is 1. The fraction of sp³-hybridized carbons (Fsp3) is 0.350. The predicted molar refractivity (Wildman–Crippen MR) is 104 cm³/mol. The second-order valence-corrected chi connectivity index (χ2v) is 8.02. The van der Waals surface area contributed by atoms with E-state index < -0.39 is 12.2 Å². The molecule has 1 aliphatic heterocycles. The van der Waals surface area contributed by atoms with Gasteiger partial charge in [-0.1, -0.05) is 34.1 Å². The van der Waals surface area contributed by atoms with Crippen LogP contribution in [0.2, 0.25) is 0 Å². The van der Waals surface area contributed by atoms with Crippen molar-refractivity contribution in [1.29, 1.82) is 0 Å². The van der Waals surface area contributed by atoms with Crippen LogP contribution in [0.25, 0.3) is 0 Å². The number of hydrogen-bond donors (Lipinski definition) is 1. The molecule has 142 valence electrons. The van der Waals surface area contributed by atoms with E-state index in [2.05, 4.69) is 15.9 Å². The van der Waals surface area contributed by atoms with Crippen molar-refractivity contribution in [2.24, 2.45) is 10.7 Å². The van der Waals surface area contributed by atoms with Gasteiger partial charge in [-0.2, -0.15) is 8.78 Å². The van der Waals surface area contributed by atoms with Crippen LogP contribution in [-0.4, -0.2) is 31.1 Å². The summed E-state index contributed by atoms with van der Waals surface area (Å²) in [6, 6.07) is 13.4. The van der Waals surface area contributed by atoms with Crippen molar-refractivity contribution in [1.82, 2.24) is 4.90 Å². The highest BCUT2D eigenvalue weighted by Gasteiger charge is 2.42. The molecule has 0 radical (unpaired) electrons. The number of benzene rings is 2. The molecule has 1 heterocycles. The third kappa shape index (κ3) is 3.40. The molecule has 2 N–H and O–H groups in total. The normalized spacial score (nSPS) is 22.3. The van der Waals surface area contributed by atoms with E-state index in [-0.39, 0.29) is 11.7 Å². The van der Waals surface area contributed by atoms with E-state index in [4.69, 9.17) is 15.5 Å². The fourth-order valence-corrected chi connectivity index (χ4v) is 4.09. The second kappa shape index (κ2) is 6.78. The highest BCUT2D eigenvalue weighted by Crippen LogP contribution is 2.47. The average Bonchev–Trinajstić information content (AvgIpc) is 3.41. The lowest BCUT2D eigenvalue weighted by molar-refractivity contribution is -0.0504. The van der Waals surface area contributed by atoms with Crippen molar-refractivity contribution >= 4 is 21.9 Å². The zero-order valence-electron chi connectivity index (χ0n) is 14.8. The van der Waals surface area contributed by atoms with Gasteiger partial charge in [0.25, 0.3) is 0 Å². The Hall–Kier alpha value is -2.15. The van der Waals surface area contributed by atoms with Crippen LogP contribution in [0.1, 0.15) is 35.4 Å². The standard InChI is InChI=1S/C20H20BrF2N3O/c1-26-11-20(25-19(26)24,13-3-2-4-15(21)9-13)14-7-8-17(27-18(22)23)16(10-14)12-5-6-12/h2-4,7-10,12,18H,5-6,11H2,1H3,(H2,24,25). The van der Waals surface area contributed by atoms with Crippen LogP contribution in [-0.2, 0) is 5.54 Å². The van der Waals surface area contributed by atoms with Crippen LogP contribution in [0, 0.1) is 0 Å². The van der Waals surface area contributed by atoms with Gasteiger partial charge >= 0.3 is 6.61 Å². The summed E-state index contributed by atoms with van der Waals surface area (Å²) in [4.78, 5) is 6.71. The Morgan fingerprint density at radius 3 is 2.56 bits per heavy atom. The average molecular weight is 436 g/mol. The summed E-state index contributed by atoms with van der Waals surface area (Å²) in [6.45, 7) is -2.26. The van der Waals surface area contributed by atoms with E-state index in [0.717, 1.165) is 34.0 Å². The lowest BCUT2D eigenvalue weighted by Crippen LogP contribution is -2.34. The zero-order valence-corrected chi connectivity index (χ0v) is 16.4. The van der Waals surface area contributed by atoms with Gasteiger partial charge < -0.3 is 15.4 Å². The van der Waals surface area contributed by atoms with Crippen LogP contribution in [0.4, 0.5) is 8.78 Å².